The highest BCUT2D eigenvalue weighted by Crippen LogP contribution is 2.16. The maximum absolute atomic E-state index is 13.0. The van der Waals surface area contributed by atoms with Crippen LogP contribution in [-0.4, -0.2) is 36.4 Å². The maximum Gasteiger partial charge on any atom is 0.261 e. The van der Waals surface area contributed by atoms with E-state index in [1.54, 1.807) is 11.9 Å². The van der Waals surface area contributed by atoms with Crippen molar-refractivity contribution >= 4 is 11.8 Å². The number of hydrogen-bond acceptors (Lipinski definition) is 3. The molecule has 2 aromatic rings. The van der Waals surface area contributed by atoms with E-state index in [2.05, 4.69) is 12.2 Å². The molecule has 0 saturated carbocycles. The average Bonchev–Trinajstić information content (AvgIpc) is 2.72. The van der Waals surface area contributed by atoms with Crippen LogP contribution in [0.4, 0.5) is 0 Å². The molecule has 0 unspecified atom stereocenters. The molecule has 2 rings (SSSR count). The Kier molecular flexibility index (Phi) is 8.05. The number of carbonyl (C=O) groups is 2. The number of rotatable bonds is 9. The molecule has 1 N–H and O–H groups in total. The molecule has 0 aliphatic heterocycles. The average molecular weight is 383 g/mol. The molecule has 1 atom stereocenters. The van der Waals surface area contributed by atoms with Crippen molar-refractivity contribution in [2.45, 2.75) is 46.2 Å². The Morgan fingerprint density at radius 2 is 1.79 bits per heavy atom. The number of amides is 2. The fourth-order valence-electron chi connectivity index (χ4n) is 3.14. The van der Waals surface area contributed by atoms with Gasteiger partial charge in [-0.15, -0.1) is 0 Å². The van der Waals surface area contributed by atoms with Gasteiger partial charge in [0.05, 0.1) is 0 Å². The Labute approximate surface area is 167 Å². The molecule has 2 aromatic carbocycles. The lowest BCUT2D eigenvalue weighted by Gasteiger charge is -2.30. The minimum absolute atomic E-state index is 0.106. The largest absolute Gasteiger partial charge is 0.484 e. The molecule has 0 fully saturated rings. The van der Waals surface area contributed by atoms with Crippen LogP contribution < -0.4 is 10.1 Å². The molecule has 0 heterocycles. The molecule has 150 valence electrons. The van der Waals surface area contributed by atoms with E-state index in [1.807, 2.05) is 62.4 Å². The van der Waals surface area contributed by atoms with Crippen LogP contribution >= 0.6 is 0 Å². The summed E-state index contributed by atoms with van der Waals surface area (Å²) in [6, 6.07) is 15.1. The van der Waals surface area contributed by atoms with Gasteiger partial charge in [-0.05, 0) is 43.0 Å². The van der Waals surface area contributed by atoms with Gasteiger partial charge in [0.2, 0.25) is 5.91 Å². The number of aryl methyl sites for hydroxylation is 2. The van der Waals surface area contributed by atoms with Gasteiger partial charge in [-0.25, -0.2) is 0 Å². The Morgan fingerprint density at radius 3 is 2.36 bits per heavy atom. The normalized spacial score (nSPS) is 11.6. The van der Waals surface area contributed by atoms with Gasteiger partial charge in [0, 0.05) is 13.6 Å². The summed E-state index contributed by atoms with van der Waals surface area (Å²) in [6.07, 6.45) is 1.48. The first-order chi connectivity index (χ1) is 13.5. The Balaban J connectivity index is 2.15. The number of nitrogens with one attached hydrogen (secondary N) is 1. The first kappa shape index (κ1) is 21.5. The third kappa shape index (κ3) is 5.84. The lowest BCUT2D eigenvalue weighted by molar-refractivity contribution is -0.142. The van der Waals surface area contributed by atoms with Crippen LogP contribution in [0.5, 0.6) is 5.75 Å². The van der Waals surface area contributed by atoms with E-state index in [0.717, 1.165) is 17.5 Å². The number of hydrogen-bond donors (Lipinski definition) is 1. The van der Waals surface area contributed by atoms with E-state index < -0.39 is 6.04 Å². The van der Waals surface area contributed by atoms with Gasteiger partial charge in [0.25, 0.3) is 5.91 Å². The van der Waals surface area contributed by atoms with E-state index in [-0.39, 0.29) is 18.4 Å². The molecule has 5 heteroatoms. The Bertz CT molecular complexity index is 787. The predicted molar refractivity (Wildman–Crippen MR) is 111 cm³/mol. The van der Waals surface area contributed by atoms with Crippen molar-refractivity contribution in [3.05, 3.63) is 65.2 Å². The third-order valence-electron chi connectivity index (χ3n) is 4.76. The van der Waals surface area contributed by atoms with Crippen molar-refractivity contribution in [1.82, 2.24) is 10.2 Å². The zero-order valence-corrected chi connectivity index (χ0v) is 17.2. The van der Waals surface area contributed by atoms with Crippen molar-refractivity contribution in [2.24, 2.45) is 0 Å². The Hall–Kier alpha value is -2.82. The van der Waals surface area contributed by atoms with Crippen molar-refractivity contribution < 1.29 is 14.3 Å². The standard InChI is InChI=1S/C23H30N2O3/c1-5-18-10-12-20(13-11-18)28-16-22(26)25(21(6-2)23(27)24-4)15-19-9-7-8-17(3)14-19/h7-14,21H,5-6,15-16H2,1-4H3,(H,24,27)/t21-/m0/s1. The highest BCUT2D eigenvalue weighted by Gasteiger charge is 2.28. The van der Waals surface area contributed by atoms with E-state index in [1.165, 1.54) is 5.56 Å². The second-order valence-corrected chi connectivity index (χ2v) is 6.84. The maximum atomic E-state index is 13.0. The summed E-state index contributed by atoms with van der Waals surface area (Å²) in [4.78, 5) is 26.9. The summed E-state index contributed by atoms with van der Waals surface area (Å²) in [5, 5.41) is 2.66. The number of ether oxygens (including phenoxy) is 1. The summed E-state index contributed by atoms with van der Waals surface area (Å²) >= 11 is 0. The third-order valence-corrected chi connectivity index (χ3v) is 4.76. The van der Waals surface area contributed by atoms with Crippen molar-refractivity contribution in [3.63, 3.8) is 0 Å². The molecule has 2 amide bonds. The zero-order chi connectivity index (χ0) is 20.5. The van der Waals surface area contributed by atoms with Crippen molar-refractivity contribution in [2.75, 3.05) is 13.7 Å². The van der Waals surface area contributed by atoms with Crippen LogP contribution in [0, 0.1) is 6.92 Å². The van der Waals surface area contributed by atoms with Gasteiger partial charge in [-0.2, -0.15) is 0 Å². The lowest BCUT2D eigenvalue weighted by atomic mass is 10.1. The molecule has 0 aliphatic carbocycles. The monoisotopic (exact) mass is 382 g/mol. The van der Waals surface area contributed by atoms with E-state index in [0.29, 0.717) is 18.7 Å². The highest BCUT2D eigenvalue weighted by atomic mass is 16.5. The number of likely N-dealkylation sites (N-methyl/N-ethyl adjacent to an activating group) is 1. The molecular formula is C23H30N2O3. The SMILES string of the molecule is CCc1ccc(OCC(=O)N(Cc2cccc(C)c2)[C@@H](CC)C(=O)NC)cc1. The van der Waals surface area contributed by atoms with Crippen LogP contribution in [0.15, 0.2) is 48.5 Å². The van der Waals surface area contributed by atoms with Crippen LogP contribution in [0.3, 0.4) is 0 Å². The number of benzene rings is 2. The van der Waals surface area contributed by atoms with Gasteiger partial charge in [-0.1, -0.05) is 55.8 Å². The van der Waals surface area contributed by atoms with Crippen LogP contribution in [0.2, 0.25) is 0 Å². The zero-order valence-electron chi connectivity index (χ0n) is 17.2. The van der Waals surface area contributed by atoms with Gasteiger partial charge >= 0.3 is 0 Å². The van der Waals surface area contributed by atoms with Gasteiger partial charge < -0.3 is 15.0 Å². The number of nitrogens with zero attached hydrogens (tertiary/aromatic N) is 1. The summed E-state index contributed by atoms with van der Waals surface area (Å²) in [5.41, 5.74) is 3.32. The molecule has 0 aromatic heterocycles. The van der Waals surface area contributed by atoms with Crippen molar-refractivity contribution in [3.8, 4) is 5.75 Å². The van der Waals surface area contributed by atoms with Crippen LogP contribution in [0.1, 0.15) is 37.0 Å². The summed E-state index contributed by atoms with van der Waals surface area (Å²) in [6.45, 7) is 6.26. The van der Waals surface area contributed by atoms with Crippen molar-refractivity contribution in [1.29, 1.82) is 0 Å². The second kappa shape index (κ2) is 10.5. The van der Waals surface area contributed by atoms with Crippen LogP contribution in [-0.2, 0) is 22.6 Å². The second-order valence-electron chi connectivity index (χ2n) is 6.84. The first-order valence-corrected chi connectivity index (χ1v) is 9.76. The fourth-order valence-corrected chi connectivity index (χ4v) is 3.14. The minimum atomic E-state index is -0.538. The smallest absolute Gasteiger partial charge is 0.261 e. The van der Waals surface area contributed by atoms with E-state index in [9.17, 15) is 9.59 Å². The first-order valence-electron chi connectivity index (χ1n) is 9.76. The molecule has 0 spiro atoms. The topological polar surface area (TPSA) is 58.6 Å². The molecular weight excluding hydrogens is 352 g/mol. The molecule has 0 bridgehead atoms. The summed E-state index contributed by atoms with van der Waals surface area (Å²) in [7, 11) is 1.59. The molecule has 5 nitrogen and oxygen atoms in total. The van der Waals surface area contributed by atoms with Crippen LogP contribution in [0.25, 0.3) is 0 Å². The quantitative estimate of drug-likeness (QED) is 0.722. The molecule has 28 heavy (non-hydrogen) atoms. The van der Waals surface area contributed by atoms with Gasteiger partial charge in [-0.3, -0.25) is 9.59 Å². The molecule has 0 radical (unpaired) electrons. The van der Waals surface area contributed by atoms with E-state index >= 15 is 0 Å². The summed E-state index contributed by atoms with van der Waals surface area (Å²) < 4.78 is 5.69. The molecule has 0 saturated heterocycles. The lowest BCUT2D eigenvalue weighted by Crippen LogP contribution is -2.49. The highest BCUT2D eigenvalue weighted by molar-refractivity contribution is 5.88. The minimum Gasteiger partial charge on any atom is -0.484 e. The molecule has 0 aliphatic rings. The summed E-state index contributed by atoms with van der Waals surface area (Å²) in [5.74, 6) is 0.265. The predicted octanol–water partition coefficient (Wildman–Crippen LogP) is 3.49. The Morgan fingerprint density at radius 1 is 1.07 bits per heavy atom. The van der Waals surface area contributed by atoms with E-state index in [4.69, 9.17) is 4.74 Å². The van der Waals surface area contributed by atoms with Gasteiger partial charge in [0.1, 0.15) is 11.8 Å². The fraction of sp³-hybridized carbons (Fsp3) is 0.391. The number of carbonyl (C=O) groups excluding carboxylic acids is 2. The van der Waals surface area contributed by atoms with Gasteiger partial charge in [0.15, 0.2) is 6.61 Å².